The summed E-state index contributed by atoms with van der Waals surface area (Å²) >= 11 is 0. The Bertz CT molecular complexity index is 782. The maximum Gasteiger partial charge on any atom is 0.189 e. The number of Topliss-reactive ketones (excluding diaryl/α,β-unsaturated/α-hetero) is 3. The molecule has 0 bridgehead atoms. The van der Waals surface area contributed by atoms with E-state index in [0.717, 1.165) is 38.5 Å². The van der Waals surface area contributed by atoms with E-state index in [4.69, 9.17) is 0 Å². The molecule has 0 fully saturated rings. The third-order valence-corrected chi connectivity index (χ3v) is 10.4. The molecule has 3 atom stereocenters. The molecule has 3 N–H and O–H groups in total. The molecule has 0 spiro atoms. The van der Waals surface area contributed by atoms with Crippen molar-refractivity contribution in [3.63, 3.8) is 0 Å². The molecule has 0 saturated heterocycles. The minimum atomic E-state index is -2.78. The van der Waals surface area contributed by atoms with Crippen molar-refractivity contribution < 1.29 is 29.7 Å². The lowest BCUT2D eigenvalue weighted by Crippen LogP contribution is -2.63. The number of hydrogen-bond donors (Lipinski definition) is 3. The molecule has 0 aromatic rings. The van der Waals surface area contributed by atoms with Crippen molar-refractivity contribution >= 4 is 17.3 Å². The molecule has 0 heterocycles. The lowest BCUT2D eigenvalue weighted by atomic mass is 9.78. The molecule has 0 radical (unpaired) electrons. The number of unbranched alkanes of at least 4 members (excludes halogenated alkanes) is 28. The molecule has 0 aliphatic heterocycles. The highest BCUT2D eigenvalue weighted by atomic mass is 16.4. The molecule has 0 rings (SSSR count). The third kappa shape index (κ3) is 24.7. The monoisotopic (exact) mass is 695 g/mol. The molecule has 0 aliphatic rings. The van der Waals surface area contributed by atoms with Gasteiger partial charge in [-0.2, -0.15) is 0 Å². The predicted molar refractivity (Wildman–Crippen MR) is 206 cm³/mol. The molecule has 6 nitrogen and oxygen atoms in total. The number of aliphatic hydroxyl groups excluding tert-OH is 2. The summed E-state index contributed by atoms with van der Waals surface area (Å²) in [6.45, 7) is 6.27. The first-order chi connectivity index (χ1) is 23.8. The standard InChI is InChI=1S/C43H82O6/c1-4-7-9-11-13-15-17-19-21-23-25-27-29-31-33-36-39(45)42(48)43(49,41(47)38(44)35-6-3)40(46)37-34-32-30-28-26-24-22-20-18-16-14-12-10-8-5-2/h41-42,47-49H,4-37H2,1-3H3. The zero-order valence-electron chi connectivity index (χ0n) is 32.8. The summed E-state index contributed by atoms with van der Waals surface area (Å²) in [5.74, 6) is -2.20. The zero-order valence-corrected chi connectivity index (χ0v) is 32.8. The fourth-order valence-corrected chi connectivity index (χ4v) is 6.99. The highest BCUT2D eigenvalue weighted by Gasteiger charge is 2.53. The van der Waals surface area contributed by atoms with Gasteiger partial charge in [0.2, 0.25) is 0 Å². The number of carbonyl (C=O) groups excluding carboxylic acids is 3. The van der Waals surface area contributed by atoms with Crippen molar-refractivity contribution in [2.24, 2.45) is 0 Å². The van der Waals surface area contributed by atoms with Gasteiger partial charge in [-0.1, -0.05) is 201 Å². The Labute approximate surface area is 303 Å². The topological polar surface area (TPSA) is 112 Å². The molecule has 0 aliphatic carbocycles. The summed E-state index contributed by atoms with van der Waals surface area (Å²) < 4.78 is 0. The first-order valence-corrected chi connectivity index (χ1v) is 21.4. The van der Waals surface area contributed by atoms with Gasteiger partial charge in [0, 0.05) is 19.3 Å². The van der Waals surface area contributed by atoms with Crippen molar-refractivity contribution in [3.05, 3.63) is 0 Å². The van der Waals surface area contributed by atoms with Crippen molar-refractivity contribution in [1.29, 1.82) is 0 Å². The summed E-state index contributed by atoms with van der Waals surface area (Å²) in [4.78, 5) is 38.7. The van der Waals surface area contributed by atoms with E-state index < -0.39 is 35.2 Å². The molecule has 6 heteroatoms. The second-order valence-corrected chi connectivity index (χ2v) is 15.1. The number of carbonyl (C=O) groups is 3. The predicted octanol–water partition coefficient (Wildman–Crippen LogP) is 11.5. The zero-order chi connectivity index (χ0) is 36.4. The number of ketones is 3. The lowest BCUT2D eigenvalue weighted by Gasteiger charge is -2.34. The fraction of sp³-hybridized carbons (Fsp3) is 0.930. The third-order valence-electron chi connectivity index (χ3n) is 10.4. The van der Waals surface area contributed by atoms with Crippen LogP contribution in [-0.4, -0.2) is 50.5 Å². The average molecular weight is 695 g/mol. The molecular weight excluding hydrogens is 612 g/mol. The van der Waals surface area contributed by atoms with Crippen LogP contribution < -0.4 is 0 Å². The first kappa shape index (κ1) is 47.9. The van der Waals surface area contributed by atoms with Crippen molar-refractivity contribution in [1.82, 2.24) is 0 Å². The van der Waals surface area contributed by atoms with Crippen LogP contribution in [0.25, 0.3) is 0 Å². The largest absolute Gasteiger partial charge is 0.382 e. The fourth-order valence-electron chi connectivity index (χ4n) is 6.99. The van der Waals surface area contributed by atoms with Gasteiger partial charge in [0.1, 0.15) is 0 Å². The van der Waals surface area contributed by atoms with Crippen molar-refractivity contribution in [2.45, 2.75) is 257 Å². The van der Waals surface area contributed by atoms with Crippen LogP contribution in [0.1, 0.15) is 239 Å². The average Bonchev–Trinajstić information content (AvgIpc) is 3.10. The summed E-state index contributed by atoms with van der Waals surface area (Å²) in [5.41, 5.74) is -2.78. The van der Waals surface area contributed by atoms with Crippen LogP contribution >= 0.6 is 0 Å². The summed E-state index contributed by atoms with van der Waals surface area (Å²) in [7, 11) is 0. The molecular formula is C43H82O6. The van der Waals surface area contributed by atoms with E-state index in [-0.39, 0.29) is 19.3 Å². The normalized spacial score (nSPS) is 14.1. The Morgan fingerprint density at radius 1 is 0.367 bits per heavy atom. The molecule has 0 aromatic carbocycles. The maximum atomic E-state index is 13.2. The Morgan fingerprint density at radius 2 is 0.612 bits per heavy atom. The van der Waals surface area contributed by atoms with Crippen molar-refractivity contribution in [3.8, 4) is 0 Å². The number of hydrogen-bond acceptors (Lipinski definition) is 6. The van der Waals surface area contributed by atoms with E-state index in [1.165, 1.54) is 141 Å². The summed E-state index contributed by atoms with van der Waals surface area (Å²) in [5, 5.41) is 33.0. The van der Waals surface area contributed by atoms with Crippen LogP contribution in [0.15, 0.2) is 0 Å². The van der Waals surface area contributed by atoms with Crippen molar-refractivity contribution in [2.75, 3.05) is 0 Å². The Balaban J connectivity index is 4.35. The highest BCUT2D eigenvalue weighted by Crippen LogP contribution is 2.26. The van der Waals surface area contributed by atoms with E-state index in [0.29, 0.717) is 19.3 Å². The van der Waals surface area contributed by atoms with Crippen LogP contribution in [0.3, 0.4) is 0 Å². The molecule has 0 aromatic heterocycles. The quantitative estimate of drug-likeness (QED) is 0.0552. The van der Waals surface area contributed by atoms with Crippen LogP contribution in [0.4, 0.5) is 0 Å². The minimum Gasteiger partial charge on any atom is -0.382 e. The second-order valence-electron chi connectivity index (χ2n) is 15.1. The second kappa shape index (κ2) is 34.0. The van der Waals surface area contributed by atoms with Gasteiger partial charge in [-0.25, -0.2) is 0 Å². The van der Waals surface area contributed by atoms with Gasteiger partial charge in [0.15, 0.2) is 35.2 Å². The lowest BCUT2D eigenvalue weighted by molar-refractivity contribution is -0.181. The van der Waals surface area contributed by atoms with Crippen LogP contribution in [0, 0.1) is 0 Å². The molecule has 0 saturated carbocycles. The smallest absolute Gasteiger partial charge is 0.189 e. The van der Waals surface area contributed by atoms with Gasteiger partial charge in [0.05, 0.1) is 0 Å². The van der Waals surface area contributed by atoms with E-state index in [1.807, 2.05) is 0 Å². The van der Waals surface area contributed by atoms with Gasteiger partial charge in [-0.3, -0.25) is 14.4 Å². The van der Waals surface area contributed by atoms with Gasteiger partial charge in [-0.05, 0) is 19.3 Å². The van der Waals surface area contributed by atoms with Crippen LogP contribution in [-0.2, 0) is 14.4 Å². The summed E-state index contributed by atoms with van der Waals surface area (Å²) in [6.07, 6.45) is 31.9. The number of aliphatic hydroxyl groups is 3. The first-order valence-electron chi connectivity index (χ1n) is 21.4. The van der Waals surface area contributed by atoms with E-state index in [9.17, 15) is 29.7 Å². The Kier molecular flexibility index (Phi) is 33.2. The maximum absolute atomic E-state index is 13.2. The SMILES string of the molecule is CCCCCCCCCCCCCCCCCC(=O)C(O)C(O)(C(=O)CCCCCCCCCCCCCCCCC)C(O)C(=O)CCC. The van der Waals surface area contributed by atoms with Crippen LogP contribution in [0.5, 0.6) is 0 Å². The highest BCUT2D eigenvalue weighted by molar-refractivity contribution is 6.01. The van der Waals surface area contributed by atoms with Gasteiger partial charge < -0.3 is 15.3 Å². The van der Waals surface area contributed by atoms with Crippen LogP contribution in [0.2, 0.25) is 0 Å². The van der Waals surface area contributed by atoms with E-state index >= 15 is 0 Å². The molecule has 3 unspecified atom stereocenters. The molecule has 0 amide bonds. The summed E-state index contributed by atoms with van der Waals surface area (Å²) in [6, 6.07) is 0. The van der Waals surface area contributed by atoms with E-state index in [2.05, 4.69) is 13.8 Å². The Morgan fingerprint density at radius 3 is 0.898 bits per heavy atom. The Hall–Kier alpha value is -1.11. The number of rotatable bonds is 39. The van der Waals surface area contributed by atoms with Gasteiger partial charge >= 0.3 is 0 Å². The van der Waals surface area contributed by atoms with E-state index in [1.54, 1.807) is 6.92 Å². The molecule has 49 heavy (non-hydrogen) atoms. The van der Waals surface area contributed by atoms with Gasteiger partial charge in [0.25, 0.3) is 0 Å². The van der Waals surface area contributed by atoms with Gasteiger partial charge in [-0.15, -0.1) is 0 Å². The molecule has 290 valence electrons. The minimum absolute atomic E-state index is 0.0165.